The standard InChI is InChI=1S/C18H17FN2O/c1-11-3-4-12(2)14(7-11)10-20-18(22)17-9-13-8-15(19)5-6-16(13)21-17/h3-9,21H,10H2,1-2H3,(H,20,22). The van der Waals surface area contributed by atoms with Crippen LogP contribution in [0.4, 0.5) is 4.39 Å². The van der Waals surface area contributed by atoms with Crippen LogP contribution >= 0.6 is 0 Å². The van der Waals surface area contributed by atoms with Crippen molar-refractivity contribution in [1.29, 1.82) is 0 Å². The molecule has 0 aliphatic rings. The van der Waals surface area contributed by atoms with E-state index in [1.165, 1.54) is 12.1 Å². The lowest BCUT2D eigenvalue weighted by Crippen LogP contribution is -2.23. The number of halogens is 1. The van der Waals surface area contributed by atoms with Gasteiger partial charge in [-0.1, -0.05) is 23.8 Å². The highest BCUT2D eigenvalue weighted by Crippen LogP contribution is 2.17. The first-order valence-electron chi connectivity index (χ1n) is 7.15. The van der Waals surface area contributed by atoms with Gasteiger partial charge in [-0.05, 0) is 49.2 Å². The van der Waals surface area contributed by atoms with E-state index < -0.39 is 0 Å². The highest BCUT2D eigenvalue weighted by Gasteiger charge is 2.10. The summed E-state index contributed by atoms with van der Waals surface area (Å²) in [5.74, 6) is -0.508. The van der Waals surface area contributed by atoms with E-state index in [1.807, 2.05) is 26.0 Å². The third kappa shape index (κ3) is 2.86. The molecule has 1 amide bonds. The second-order valence-corrected chi connectivity index (χ2v) is 5.53. The largest absolute Gasteiger partial charge is 0.351 e. The number of carbonyl (C=O) groups excluding carboxylic acids is 1. The molecule has 0 saturated heterocycles. The number of aromatic nitrogens is 1. The molecule has 2 aromatic carbocycles. The van der Waals surface area contributed by atoms with Gasteiger partial charge in [-0.2, -0.15) is 0 Å². The monoisotopic (exact) mass is 296 g/mol. The van der Waals surface area contributed by atoms with E-state index in [0.717, 1.165) is 22.2 Å². The number of H-pyrrole nitrogens is 1. The maximum atomic E-state index is 13.2. The second-order valence-electron chi connectivity index (χ2n) is 5.53. The van der Waals surface area contributed by atoms with E-state index in [9.17, 15) is 9.18 Å². The van der Waals surface area contributed by atoms with E-state index in [2.05, 4.69) is 16.4 Å². The predicted molar refractivity (Wildman–Crippen MR) is 85.3 cm³/mol. The van der Waals surface area contributed by atoms with Gasteiger partial charge in [0.25, 0.3) is 5.91 Å². The number of fused-ring (bicyclic) bond motifs is 1. The summed E-state index contributed by atoms with van der Waals surface area (Å²) in [4.78, 5) is 15.2. The van der Waals surface area contributed by atoms with E-state index in [1.54, 1.807) is 12.1 Å². The number of aryl methyl sites for hydroxylation is 2. The molecule has 3 aromatic rings. The van der Waals surface area contributed by atoms with Crippen molar-refractivity contribution in [2.45, 2.75) is 20.4 Å². The first kappa shape index (κ1) is 14.3. The molecule has 3 nitrogen and oxygen atoms in total. The summed E-state index contributed by atoms with van der Waals surface area (Å²) in [5.41, 5.74) is 4.58. The Morgan fingerprint density at radius 3 is 2.77 bits per heavy atom. The summed E-state index contributed by atoms with van der Waals surface area (Å²) in [6.45, 7) is 4.51. The van der Waals surface area contributed by atoms with Crippen molar-refractivity contribution < 1.29 is 9.18 Å². The van der Waals surface area contributed by atoms with Crippen molar-refractivity contribution in [3.8, 4) is 0 Å². The number of benzene rings is 2. The van der Waals surface area contributed by atoms with Crippen molar-refractivity contribution in [3.63, 3.8) is 0 Å². The van der Waals surface area contributed by atoms with Gasteiger partial charge in [0.1, 0.15) is 11.5 Å². The fourth-order valence-corrected chi connectivity index (χ4v) is 2.49. The van der Waals surface area contributed by atoms with Crippen LogP contribution in [0.15, 0.2) is 42.5 Å². The minimum absolute atomic E-state index is 0.197. The minimum Gasteiger partial charge on any atom is -0.351 e. The number of hydrogen-bond donors (Lipinski definition) is 2. The van der Waals surface area contributed by atoms with Gasteiger partial charge in [0.2, 0.25) is 0 Å². The Labute approximate surface area is 128 Å². The molecule has 0 bridgehead atoms. The van der Waals surface area contributed by atoms with Crippen LogP contribution in [0.2, 0.25) is 0 Å². The molecule has 0 fully saturated rings. The number of hydrogen-bond acceptors (Lipinski definition) is 1. The molecular weight excluding hydrogens is 279 g/mol. The van der Waals surface area contributed by atoms with Crippen molar-refractivity contribution in [2.75, 3.05) is 0 Å². The SMILES string of the molecule is Cc1ccc(C)c(CNC(=O)c2cc3cc(F)ccc3[nH]2)c1. The molecule has 4 heteroatoms. The number of amides is 1. The van der Waals surface area contributed by atoms with Gasteiger partial charge >= 0.3 is 0 Å². The average Bonchev–Trinajstić information content (AvgIpc) is 2.91. The van der Waals surface area contributed by atoms with Crippen LogP contribution in [0.25, 0.3) is 10.9 Å². The van der Waals surface area contributed by atoms with E-state index in [0.29, 0.717) is 17.6 Å². The molecule has 0 spiro atoms. The Bertz CT molecular complexity index is 851. The molecule has 22 heavy (non-hydrogen) atoms. The van der Waals surface area contributed by atoms with Crippen LogP contribution in [0.3, 0.4) is 0 Å². The normalized spacial score (nSPS) is 10.9. The zero-order chi connectivity index (χ0) is 15.7. The third-order valence-electron chi connectivity index (χ3n) is 3.77. The van der Waals surface area contributed by atoms with Crippen LogP contribution in [0, 0.1) is 19.7 Å². The number of nitrogens with one attached hydrogen (secondary N) is 2. The summed E-state index contributed by atoms with van der Waals surface area (Å²) in [7, 11) is 0. The summed E-state index contributed by atoms with van der Waals surface area (Å²) in [6.07, 6.45) is 0. The van der Waals surface area contributed by atoms with E-state index in [-0.39, 0.29) is 11.7 Å². The lowest BCUT2D eigenvalue weighted by Gasteiger charge is -2.08. The summed E-state index contributed by atoms with van der Waals surface area (Å²) < 4.78 is 13.2. The maximum Gasteiger partial charge on any atom is 0.267 e. The molecule has 0 aliphatic heterocycles. The topological polar surface area (TPSA) is 44.9 Å². The van der Waals surface area contributed by atoms with Crippen LogP contribution in [0.5, 0.6) is 0 Å². The Balaban J connectivity index is 1.77. The fourth-order valence-electron chi connectivity index (χ4n) is 2.49. The molecular formula is C18H17FN2O. The quantitative estimate of drug-likeness (QED) is 0.757. The van der Waals surface area contributed by atoms with Crippen LogP contribution in [-0.4, -0.2) is 10.9 Å². The van der Waals surface area contributed by atoms with Crippen molar-refractivity contribution >= 4 is 16.8 Å². The van der Waals surface area contributed by atoms with Crippen molar-refractivity contribution in [2.24, 2.45) is 0 Å². The molecule has 112 valence electrons. The average molecular weight is 296 g/mol. The molecule has 0 atom stereocenters. The van der Waals surface area contributed by atoms with Gasteiger partial charge in [0.05, 0.1) is 0 Å². The first-order valence-corrected chi connectivity index (χ1v) is 7.15. The zero-order valence-electron chi connectivity index (χ0n) is 12.5. The summed E-state index contributed by atoms with van der Waals surface area (Å²) in [6, 6.07) is 12.2. The minimum atomic E-state index is -0.311. The third-order valence-corrected chi connectivity index (χ3v) is 3.77. The van der Waals surface area contributed by atoms with Gasteiger partial charge in [-0.25, -0.2) is 4.39 Å². The maximum absolute atomic E-state index is 13.2. The zero-order valence-corrected chi connectivity index (χ0v) is 12.5. The Hall–Kier alpha value is -2.62. The predicted octanol–water partition coefficient (Wildman–Crippen LogP) is 3.85. The molecule has 2 N–H and O–H groups in total. The van der Waals surface area contributed by atoms with Crippen LogP contribution in [0.1, 0.15) is 27.2 Å². The molecule has 0 saturated carbocycles. The number of rotatable bonds is 3. The van der Waals surface area contributed by atoms with Gasteiger partial charge in [0, 0.05) is 17.4 Å². The molecule has 1 heterocycles. The Kier molecular flexibility index (Phi) is 3.67. The van der Waals surface area contributed by atoms with Crippen molar-refractivity contribution in [3.05, 3.63) is 70.7 Å². The Morgan fingerprint density at radius 2 is 1.95 bits per heavy atom. The summed E-state index contributed by atoms with van der Waals surface area (Å²) in [5, 5.41) is 3.59. The molecule has 1 aromatic heterocycles. The molecule has 0 aliphatic carbocycles. The smallest absolute Gasteiger partial charge is 0.267 e. The van der Waals surface area contributed by atoms with Gasteiger partial charge in [-0.3, -0.25) is 4.79 Å². The fraction of sp³-hybridized carbons (Fsp3) is 0.167. The summed E-state index contributed by atoms with van der Waals surface area (Å²) >= 11 is 0. The van der Waals surface area contributed by atoms with E-state index >= 15 is 0 Å². The van der Waals surface area contributed by atoms with Crippen molar-refractivity contribution in [1.82, 2.24) is 10.3 Å². The second kappa shape index (κ2) is 5.64. The molecule has 0 unspecified atom stereocenters. The van der Waals surface area contributed by atoms with Crippen LogP contribution < -0.4 is 5.32 Å². The highest BCUT2D eigenvalue weighted by atomic mass is 19.1. The molecule has 3 rings (SSSR count). The van der Waals surface area contributed by atoms with Gasteiger partial charge in [-0.15, -0.1) is 0 Å². The Morgan fingerprint density at radius 1 is 1.14 bits per heavy atom. The van der Waals surface area contributed by atoms with Crippen LogP contribution in [-0.2, 0) is 6.54 Å². The molecule has 0 radical (unpaired) electrons. The number of carbonyl (C=O) groups is 1. The lowest BCUT2D eigenvalue weighted by atomic mass is 10.1. The van der Waals surface area contributed by atoms with Gasteiger partial charge in [0.15, 0.2) is 0 Å². The lowest BCUT2D eigenvalue weighted by molar-refractivity contribution is 0.0946. The van der Waals surface area contributed by atoms with Gasteiger partial charge < -0.3 is 10.3 Å². The first-order chi connectivity index (χ1) is 10.5. The highest BCUT2D eigenvalue weighted by molar-refractivity contribution is 5.97. The number of aromatic amines is 1. The van der Waals surface area contributed by atoms with E-state index in [4.69, 9.17) is 0 Å².